The maximum Gasteiger partial charge on any atom is 0.0126 e. The van der Waals surface area contributed by atoms with Gasteiger partial charge in [0.1, 0.15) is 0 Å². The van der Waals surface area contributed by atoms with Crippen molar-refractivity contribution in [2.24, 2.45) is 11.7 Å². The Labute approximate surface area is 148 Å². The van der Waals surface area contributed by atoms with E-state index in [4.69, 9.17) is 5.73 Å². The van der Waals surface area contributed by atoms with E-state index in [0.717, 1.165) is 25.2 Å². The lowest BCUT2D eigenvalue weighted by atomic mass is 9.85. The van der Waals surface area contributed by atoms with Crippen LogP contribution in [0, 0.1) is 5.92 Å². The van der Waals surface area contributed by atoms with Crippen LogP contribution < -0.4 is 5.73 Å². The second-order valence-electron chi connectivity index (χ2n) is 7.98. The molecule has 132 valence electrons. The van der Waals surface area contributed by atoms with Crippen molar-refractivity contribution in [1.29, 1.82) is 0 Å². The van der Waals surface area contributed by atoms with Crippen LogP contribution in [0.15, 0.2) is 12.1 Å². The van der Waals surface area contributed by atoms with E-state index in [1.54, 1.807) is 4.88 Å². The molecular formula is C21H37NS. The largest absolute Gasteiger partial charge is 0.325 e. The van der Waals surface area contributed by atoms with Gasteiger partial charge in [-0.2, -0.15) is 0 Å². The average molecular weight is 336 g/mol. The van der Waals surface area contributed by atoms with Crippen molar-refractivity contribution in [3.05, 3.63) is 21.9 Å². The summed E-state index contributed by atoms with van der Waals surface area (Å²) >= 11 is 2.01. The quantitative estimate of drug-likeness (QED) is 0.486. The summed E-state index contributed by atoms with van der Waals surface area (Å²) in [4.78, 5) is 3.10. The minimum atomic E-state index is 0.00325. The summed E-state index contributed by atoms with van der Waals surface area (Å²) in [6, 6.07) is 4.68. The Morgan fingerprint density at radius 3 is 2.43 bits per heavy atom. The van der Waals surface area contributed by atoms with Gasteiger partial charge in [-0.25, -0.2) is 0 Å². The highest BCUT2D eigenvalue weighted by Crippen LogP contribution is 2.28. The van der Waals surface area contributed by atoms with Gasteiger partial charge in [0.15, 0.2) is 0 Å². The van der Waals surface area contributed by atoms with E-state index in [2.05, 4.69) is 26.0 Å². The third-order valence-electron chi connectivity index (χ3n) is 5.73. The molecule has 2 heteroatoms. The molecule has 1 heterocycles. The maximum atomic E-state index is 6.25. The zero-order valence-corrected chi connectivity index (χ0v) is 16.2. The van der Waals surface area contributed by atoms with E-state index in [1.807, 2.05) is 11.3 Å². The minimum absolute atomic E-state index is 0.00325. The first-order valence-electron chi connectivity index (χ1n) is 9.95. The van der Waals surface area contributed by atoms with Crippen LogP contribution in [0.1, 0.15) is 94.2 Å². The fraction of sp³-hybridized carbons (Fsp3) is 0.810. The van der Waals surface area contributed by atoms with Gasteiger partial charge < -0.3 is 5.73 Å². The number of thiophene rings is 1. The van der Waals surface area contributed by atoms with Crippen LogP contribution in [0.2, 0.25) is 0 Å². The highest BCUT2D eigenvalue weighted by atomic mass is 32.1. The van der Waals surface area contributed by atoms with Crippen LogP contribution >= 0.6 is 11.3 Å². The molecule has 0 amide bonds. The molecule has 1 nitrogen and oxygen atoms in total. The molecule has 1 fully saturated rings. The fourth-order valence-corrected chi connectivity index (χ4v) is 4.72. The summed E-state index contributed by atoms with van der Waals surface area (Å²) in [6.45, 7) is 4.36. The molecule has 1 aliphatic carbocycles. The summed E-state index contributed by atoms with van der Waals surface area (Å²) in [7, 11) is 0. The molecule has 1 aromatic rings. The zero-order chi connectivity index (χ0) is 16.5. The molecule has 23 heavy (non-hydrogen) atoms. The average Bonchev–Trinajstić information content (AvgIpc) is 3.02. The molecule has 2 N–H and O–H groups in total. The Bertz CT molecular complexity index is 429. The van der Waals surface area contributed by atoms with Gasteiger partial charge in [0.2, 0.25) is 0 Å². The minimum Gasteiger partial charge on any atom is -0.325 e. The third kappa shape index (κ3) is 7.39. The first-order valence-corrected chi connectivity index (χ1v) is 10.8. The van der Waals surface area contributed by atoms with Crippen LogP contribution in [-0.4, -0.2) is 5.54 Å². The number of unbranched alkanes of at least 4 members (excludes halogenated alkanes) is 2. The molecular weight excluding hydrogens is 298 g/mol. The second-order valence-corrected chi connectivity index (χ2v) is 9.23. The molecule has 2 rings (SSSR count). The second kappa shape index (κ2) is 9.84. The van der Waals surface area contributed by atoms with Crippen LogP contribution in [0.5, 0.6) is 0 Å². The monoisotopic (exact) mass is 335 g/mol. The summed E-state index contributed by atoms with van der Waals surface area (Å²) < 4.78 is 0. The zero-order valence-electron chi connectivity index (χ0n) is 15.4. The highest BCUT2D eigenvalue weighted by Gasteiger charge is 2.16. The van der Waals surface area contributed by atoms with Crippen molar-refractivity contribution in [3.8, 4) is 0 Å². The number of hydrogen-bond donors (Lipinski definition) is 1. The van der Waals surface area contributed by atoms with Gasteiger partial charge in [-0.3, -0.25) is 0 Å². The lowest BCUT2D eigenvalue weighted by Gasteiger charge is -2.21. The van der Waals surface area contributed by atoms with Crippen molar-refractivity contribution in [2.45, 2.75) is 103 Å². The molecule has 1 saturated carbocycles. The normalized spacial score (nSPS) is 18.9. The van der Waals surface area contributed by atoms with E-state index in [0.29, 0.717) is 0 Å². The SMILES string of the molecule is CCC(C)(N)CCc1ccc(CCCCCC2CCCCC2)s1. The van der Waals surface area contributed by atoms with Crippen molar-refractivity contribution < 1.29 is 0 Å². The molecule has 0 bridgehead atoms. The summed E-state index contributed by atoms with van der Waals surface area (Å²) in [5.41, 5.74) is 6.25. The summed E-state index contributed by atoms with van der Waals surface area (Å²) in [5, 5.41) is 0. The molecule has 0 aromatic carbocycles. The molecule has 1 aliphatic rings. The maximum absolute atomic E-state index is 6.25. The predicted molar refractivity (Wildman–Crippen MR) is 104 cm³/mol. The predicted octanol–water partition coefficient (Wildman–Crippen LogP) is 6.49. The molecule has 0 aliphatic heterocycles. The van der Waals surface area contributed by atoms with Crippen LogP contribution in [0.4, 0.5) is 0 Å². The first kappa shape index (κ1) is 19.0. The Hall–Kier alpha value is -0.340. The smallest absolute Gasteiger partial charge is 0.0126 e. The molecule has 1 aromatic heterocycles. The molecule has 1 unspecified atom stereocenters. The van der Waals surface area contributed by atoms with Crippen LogP contribution in [0.3, 0.4) is 0 Å². The van der Waals surface area contributed by atoms with Crippen LogP contribution in [0.25, 0.3) is 0 Å². The van der Waals surface area contributed by atoms with Crippen LogP contribution in [-0.2, 0) is 12.8 Å². The first-order chi connectivity index (χ1) is 11.1. The van der Waals surface area contributed by atoms with Crippen molar-refractivity contribution in [3.63, 3.8) is 0 Å². The topological polar surface area (TPSA) is 26.0 Å². The van der Waals surface area contributed by atoms with Gasteiger partial charge >= 0.3 is 0 Å². The lowest BCUT2D eigenvalue weighted by molar-refractivity contribution is 0.328. The fourth-order valence-electron chi connectivity index (χ4n) is 3.66. The van der Waals surface area contributed by atoms with Gasteiger partial charge in [0.05, 0.1) is 0 Å². The van der Waals surface area contributed by atoms with Crippen molar-refractivity contribution in [2.75, 3.05) is 0 Å². The molecule has 0 saturated heterocycles. The van der Waals surface area contributed by atoms with Gasteiger partial charge in [-0.05, 0) is 57.1 Å². The van der Waals surface area contributed by atoms with Crippen molar-refractivity contribution >= 4 is 11.3 Å². The van der Waals surface area contributed by atoms with E-state index in [-0.39, 0.29) is 5.54 Å². The summed E-state index contributed by atoms with van der Waals surface area (Å²) in [5.74, 6) is 1.06. The van der Waals surface area contributed by atoms with E-state index in [1.165, 1.54) is 69.1 Å². The lowest BCUT2D eigenvalue weighted by Crippen LogP contribution is -2.35. The van der Waals surface area contributed by atoms with Gasteiger partial charge in [0.25, 0.3) is 0 Å². The van der Waals surface area contributed by atoms with E-state index in [9.17, 15) is 0 Å². The Kier molecular flexibility index (Phi) is 8.12. The molecule has 0 spiro atoms. The number of hydrogen-bond acceptors (Lipinski definition) is 2. The van der Waals surface area contributed by atoms with Gasteiger partial charge in [-0.1, -0.05) is 58.3 Å². The van der Waals surface area contributed by atoms with Gasteiger partial charge in [-0.15, -0.1) is 11.3 Å². The van der Waals surface area contributed by atoms with Gasteiger partial charge in [0, 0.05) is 15.3 Å². The Balaban J connectivity index is 1.57. The summed E-state index contributed by atoms with van der Waals surface area (Å²) in [6.07, 6.45) is 17.8. The van der Waals surface area contributed by atoms with E-state index < -0.39 is 0 Å². The number of rotatable bonds is 10. The molecule has 0 radical (unpaired) electrons. The van der Waals surface area contributed by atoms with Crippen molar-refractivity contribution in [1.82, 2.24) is 0 Å². The number of nitrogens with two attached hydrogens (primary N) is 1. The number of aryl methyl sites for hydroxylation is 2. The third-order valence-corrected chi connectivity index (χ3v) is 6.93. The highest BCUT2D eigenvalue weighted by molar-refractivity contribution is 7.11. The molecule has 1 atom stereocenters. The standard InChI is InChI=1S/C21H37NS/c1-3-21(2,22)17-16-20-15-14-19(23-20)13-9-5-8-12-18-10-6-4-7-11-18/h14-15,18H,3-13,16-17,22H2,1-2H3. The Morgan fingerprint density at radius 1 is 1.04 bits per heavy atom. The van der Waals surface area contributed by atoms with E-state index >= 15 is 0 Å². The Morgan fingerprint density at radius 2 is 1.74 bits per heavy atom.